The van der Waals surface area contributed by atoms with Crippen LogP contribution in [0.5, 0.6) is 0 Å². The van der Waals surface area contributed by atoms with Gasteiger partial charge in [-0.15, -0.1) is 0 Å². The number of phosphoric acid groups is 2. The number of carbonyl (C=O) groups is 2. The Morgan fingerprint density at radius 2 is 1.41 bits per heavy atom. The van der Waals surface area contributed by atoms with Crippen molar-refractivity contribution in [2.45, 2.75) is 148 Å². The molecule has 0 radical (unpaired) electrons. The summed E-state index contributed by atoms with van der Waals surface area (Å²) in [6.45, 7) is 3.43. The first kappa shape index (κ1) is 50.5. The van der Waals surface area contributed by atoms with E-state index in [1.54, 1.807) is 18.2 Å². The van der Waals surface area contributed by atoms with Crippen LogP contribution in [-0.4, -0.2) is 104 Å². The molecule has 1 saturated carbocycles. The number of aliphatic hydroxyl groups is 4. The second-order valence-electron chi connectivity index (χ2n) is 14.3. The van der Waals surface area contributed by atoms with Crippen molar-refractivity contribution in [3.05, 3.63) is 24.3 Å². The minimum Gasteiger partial charge on any atom is -0.462 e. The molecule has 316 valence electrons. The molecule has 1 fully saturated rings. The Kier molecular flexibility index (Phi) is 26.2. The molecule has 0 bridgehead atoms. The maximum atomic E-state index is 12.7. The molecule has 0 aromatic rings. The van der Waals surface area contributed by atoms with E-state index in [4.69, 9.17) is 23.8 Å². The minimum atomic E-state index is -4.90. The van der Waals surface area contributed by atoms with Gasteiger partial charge in [-0.05, 0) is 31.1 Å². The van der Waals surface area contributed by atoms with Gasteiger partial charge in [0.05, 0.1) is 44.6 Å². The van der Waals surface area contributed by atoms with Crippen LogP contribution in [0, 0.1) is 17.8 Å². The summed E-state index contributed by atoms with van der Waals surface area (Å²) in [7, 11) is -9.79. The molecule has 0 aliphatic heterocycles. The van der Waals surface area contributed by atoms with E-state index in [-0.39, 0.29) is 31.1 Å². The number of hydrogen-bond acceptors (Lipinski definition) is 13. The molecule has 16 nitrogen and oxygen atoms in total. The number of hydrogen-bond donors (Lipinski definition) is 7. The molecule has 0 spiro atoms. The number of allylic oxidation sites excluding steroid dienone is 1. The Morgan fingerprint density at radius 3 is 2.07 bits per heavy atom. The molecule has 0 aromatic heterocycles. The Morgan fingerprint density at radius 1 is 0.778 bits per heavy atom. The summed E-state index contributed by atoms with van der Waals surface area (Å²) in [6, 6.07) is 0. The quantitative estimate of drug-likeness (QED) is 0.0210. The lowest BCUT2D eigenvalue weighted by Crippen LogP contribution is -2.29. The van der Waals surface area contributed by atoms with Crippen LogP contribution in [0.4, 0.5) is 0 Å². The van der Waals surface area contributed by atoms with E-state index in [0.29, 0.717) is 25.2 Å². The lowest BCUT2D eigenvalue weighted by molar-refractivity contribution is -0.160. The minimum absolute atomic E-state index is 0.127. The van der Waals surface area contributed by atoms with Gasteiger partial charge in [0.15, 0.2) is 6.10 Å². The van der Waals surface area contributed by atoms with E-state index in [1.165, 1.54) is 18.9 Å². The molecule has 1 unspecified atom stereocenters. The smallest absolute Gasteiger partial charge is 0.462 e. The summed E-state index contributed by atoms with van der Waals surface area (Å²) in [5.41, 5.74) is 0. The third-order valence-electron chi connectivity index (χ3n) is 8.86. The van der Waals surface area contributed by atoms with Crippen molar-refractivity contribution in [3.8, 4) is 0 Å². The lowest BCUT2D eigenvalue weighted by atomic mass is 9.89. The molecular weight excluding hydrogens is 750 g/mol. The Labute approximate surface area is 320 Å². The standard InChI is InChI=1S/C36H66O16P2/c1-4-5-10-16-28(37)20-21-32-31(33(39)22-34(32)40)17-13-14-19-36(42)52-30(25-48-35(41)18-12-9-7-6-8-11-15-27(2)3)26-51-54(46,47)50-24-29(38)23-49-53(43,44)45/h13-14,20-21,27-34,37-40H,4-12,15-19,22-26H2,1-3H3,(H,46,47)(H2,43,44,45)/b14-13-,21-20+/t28-,29+,30-,31+,32-,33+,34-/m1/s1. The number of aliphatic hydroxyl groups excluding tert-OH is 4. The number of unbranched alkanes of at least 4 members (excludes halogenated alkanes) is 7. The first-order chi connectivity index (χ1) is 25.4. The number of carbonyl (C=O) groups excluding carboxylic acids is 2. The van der Waals surface area contributed by atoms with Gasteiger partial charge in [-0.2, -0.15) is 0 Å². The van der Waals surface area contributed by atoms with Crippen LogP contribution in [0.3, 0.4) is 0 Å². The van der Waals surface area contributed by atoms with Crippen molar-refractivity contribution in [2.75, 3.05) is 26.4 Å². The molecule has 1 aliphatic rings. The molecule has 1 rings (SSSR count). The van der Waals surface area contributed by atoms with E-state index >= 15 is 0 Å². The fourth-order valence-corrected chi connectivity index (χ4v) is 7.01. The van der Waals surface area contributed by atoms with Gasteiger partial charge in [0.2, 0.25) is 0 Å². The third kappa shape index (κ3) is 25.6. The zero-order chi connectivity index (χ0) is 40.6. The molecular formula is C36H66O16P2. The molecule has 7 N–H and O–H groups in total. The largest absolute Gasteiger partial charge is 0.472 e. The zero-order valence-corrected chi connectivity index (χ0v) is 33.9. The average Bonchev–Trinajstić information content (AvgIpc) is 3.36. The van der Waals surface area contributed by atoms with Crippen molar-refractivity contribution < 1.29 is 76.9 Å². The zero-order valence-electron chi connectivity index (χ0n) is 32.1. The van der Waals surface area contributed by atoms with E-state index < -0.39 is 84.5 Å². The number of ether oxygens (including phenoxy) is 2. The fourth-order valence-electron chi connectivity index (χ4n) is 5.86. The Balaban J connectivity index is 2.72. The van der Waals surface area contributed by atoms with Crippen LogP contribution in [0.1, 0.15) is 117 Å². The lowest BCUT2D eigenvalue weighted by Gasteiger charge is -2.20. The van der Waals surface area contributed by atoms with Gasteiger partial charge in [-0.25, -0.2) is 9.13 Å². The maximum Gasteiger partial charge on any atom is 0.472 e. The van der Waals surface area contributed by atoms with Crippen LogP contribution in [0.15, 0.2) is 24.3 Å². The first-order valence-corrected chi connectivity index (χ1v) is 22.2. The van der Waals surface area contributed by atoms with Gasteiger partial charge >= 0.3 is 27.6 Å². The van der Waals surface area contributed by atoms with E-state index in [2.05, 4.69) is 29.8 Å². The fraction of sp³-hybridized carbons (Fsp3) is 0.833. The molecule has 0 amide bonds. The summed E-state index contributed by atoms with van der Waals surface area (Å²) in [4.78, 5) is 52.6. The van der Waals surface area contributed by atoms with Gasteiger partial charge in [0, 0.05) is 18.8 Å². The van der Waals surface area contributed by atoms with E-state index in [9.17, 15) is 44.0 Å². The van der Waals surface area contributed by atoms with Crippen molar-refractivity contribution >= 4 is 27.6 Å². The Bertz CT molecular complexity index is 1190. The Hall–Kier alpha value is -1.52. The van der Waals surface area contributed by atoms with Crippen LogP contribution >= 0.6 is 15.6 Å². The first-order valence-electron chi connectivity index (χ1n) is 19.1. The number of phosphoric ester groups is 2. The van der Waals surface area contributed by atoms with Gasteiger partial charge in [0.25, 0.3) is 0 Å². The number of esters is 2. The summed E-state index contributed by atoms with van der Waals surface area (Å²) < 4.78 is 47.5. The van der Waals surface area contributed by atoms with Crippen LogP contribution < -0.4 is 0 Å². The van der Waals surface area contributed by atoms with E-state index in [0.717, 1.165) is 44.9 Å². The molecule has 1 aliphatic carbocycles. The molecule has 0 saturated heterocycles. The molecule has 18 heteroatoms. The van der Waals surface area contributed by atoms with Crippen molar-refractivity contribution in [2.24, 2.45) is 17.8 Å². The highest BCUT2D eigenvalue weighted by molar-refractivity contribution is 7.47. The molecule has 0 heterocycles. The summed E-state index contributed by atoms with van der Waals surface area (Å²) in [5.74, 6) is -1.41. The SMILES string of the molecule is CCCCC[C@@H](O)/C=C/[C@@H]1[C@H](C/C=C\CC(=O)O[C@H](COC(=O)CCCCCCCCC(C)C)COP(=O)(O)OC[C@@H](O)COP(=O)(O)O)[C@@H](O)C[C@H]1O. The van der Waals surface area contributed by atoms with Crippen molar-refractivity contribution in [3.63, 3.8) is 0 Å². The molecule has 54 heavy (non-hydrogen) atoms. The van der Waals surface area contributed by atoms with E-state index in [1.807, 2.05) is 0 Å². The molecule has 8 atom stereocenters. The second kappa shape index (κ2) is 28.0. The van der Waals surface area contributed by atoms with Crippen LogP contribution in [-0.2, 0) is 41.8 Å². The summed E-state index contributed by atoms with van der Waals surface area (Å²) in [6.07, 6.45) is 12.2. The second-order valence-corrected chi connectivity index (χ2v) is 17.0. The predicted octanol–water partition coefficient (Wildman–Crippen LogP) is 5.01. The highest BCUT2D eigenvalue weighted by atomic mass is 31.2. The third-order valence-corrected chi connectivity index (χ3v) is 10.3. The van der Waals surface area contributed by atoms with Gasteiger partial charge in [-0.3, -0.25) is 23.2 Å². The van der Waals surface area contributed by atoms with Crippen LogP contribution in [0.2, 0.25) is 0 Å². The van der Waals surface area contributed by atoms with Gasteiger partial charge in [-0.1, -0.05) is 103 Å². The van der Waals surface area contributed by atoms with Gasteiger partial charge < -0.3 is 44.6 Å². The predicted molar refractivity (Wildman–Crippen MR) is 200 cm³/mol. The van der Waals surface area contributed by atoms with Gasteiger partial charge in [0.1, 0.15) is 12.7 Å². The monoisotopic (exact) mass is 816 g/mol. The van der Waals surface area contributed by atoms with Crippen molar-refractivity contribution in [1.82, 2.24) is 0 Å². The van der Waals surface area contributed by atoms with Crippen LogP contribution in [0.25, 0.3) is 0 Å². The normalized spacial score (nSPS) is 22.1. The topological polar surface area (TPSA) is 256 Å². The maximum absolute atomic E-state index is 12.7. The highest BCUT2D eigenvalue weighted by Gasteiger charge is 2.39. The van der Waals surface area contributed by atoms with Crippen molar-refractivity contribution in [1.29, 1.82) is 0 Å². The highest BCUT2D eigenvalue weighted by Crippen LogP contribution is 2.44. The molecule has 0 aromatic carbocycles. The summed E-state index contributed by atoms with van der Waals surface area (Å²) in [5, 5.41) is 41.0. The summed E-state index contributed by atoms with van der Waals surface area (Å²) >= 11 is 0. The average molecular weight is 817 g/mol. The number of rotatable bonds is 31.